The largest absolute Gasteiger partial charge is 0.394 e. The van der Waals surface area contributed by atoms with Crippen LogP contribution >= 0.6 is 0 Å². The fourth-order valence-electron chi connectivity index (χ4n) is 3.18. The summed E-state index contributed by atoms with van der Waals surface area (Å²) in [6.45, 7) is -0.0607. The van der Waals surface area contributed by atoms with Crippen molar-refractivity contribution >= 4 is 0 Å². The van der Waals surface area contributed by atoms with Crippen molar-refractivity contribution in [2.75, 3.05) is 6.61 Å². The van der Waals surface area contributed by atoms with Gasteiger partial charge in [-0.3, -0.25) is 0 Å². The molecule has 2 N–H and O–H groups in total. The van der Waals surface area contributed by atoms with Gasteiger partial charge in [0.2, 0.25) is 0 Å². The third kappa shape index (κ3) is 4.04. The third-order valence-electron chi connectivity index (χ3n) is 4.43. The molecule has 0 saturated carbocycles. The minimum Gasteiger partial charge on any atom is -0.394 e. The average Bonchev–Trinajstić information content (AvgIpc) is 2.62. The molecule has 1 aliphatic rings. The Labute approximate surface area is 142 Å². The highest BCUT2D eigenvalue weighted by molar-refractivity contribution is 5.37. The molecule has 0 spiro atoms. The SMILES string of the molecule is C#Cc1ccc(Cc2cccc(C3CC(O)CC(CO)O3)c2)cc1. The predicted octanol–water partition coefficient (Wildman–Crippen LogP) is 2.83. The quantitative estimate of drug-likeness (QED) is 0.851. The Balaban J connectivity index is 1.74. The van der Waals surface area contributed by atoms with Crippen LogP contribution in [0.2, 0.25) is 0 Å². The molecule has 3 heteroatoms. The van der Waals surface area contributed by atoms with E-state index in [9.17, 15) is 10.2 Å². The van der Waals surface area contributed by atoms with E-state index >= 15 is 0 Å². The lowest BCUT2D eigenvalue weighted by atomic mass is 9.94. The molecule has 0 amide bonds. The second-order valence-electron chi connectivity index (χ2n) is 6.32. The van der Waals surface area contributed by atoms with E-state index in [1.54, 1.807) is 0 Å². The third-order valence-corrected chi connectivity index (χ3v) is 4.43. The fraction of sp³-hybridized carbons (Fsp3) is 0.333. The number of ether oxygens (including phenoxy) is 1. The van der Waals surface area contributed by atoms with E-state index in [0.717, 1.165) is 17.5 Å². The van der Waals surface area contributed by atoms with E-state index in [-0.39, 0.29) is 18.8 Å². The van der Waals surface area contributed by atoms with Gasteiger partial charge in [0, 0.05) is 18.4 Å². The van der Waals surface area contributed by atoms with Crippen LogP contribution in [0, 0.1) is 12.3 Å². The van der Waals surface area contributed by atoms with Crippen LogP contribution in [0.1, 0.15) is 41.2 Å². The standard InChI is InChI=1S/C21H22O3/c1-2-15-6-8-16(9-7-15)10-17-4-3-5-18(11-17)21-13-19(23)12-20(14-22)24-21/h1,3-9,11,19-23H,10,12-14H2. The molecular formula is C21H22O3. The Morgan fingerprint density at radius 2 is 1.88 bits per heavy atom. The van der Waals surface area contributed by atoms with E-state index in [4.69, 9.17) is 11.2 Å². The summed E-state index contributed by atoms with van der Waals surface area (Å²) in [5, 5.41) is 19.3. The van der Waals surface area contributed by atoms with Gasteiger partial charge >= 0.3 is 0 Å². The van der Waals surface area contributed by atoms with Crippen molar-refractivity contribution in [3.05, 3.63) is 70.8 Å². The maximum Gasteiger partial charge on any atom is 0.0854 e. The number of rotatable bonds is 4. The Bertz CT molecular complexity index is 715. The van der Waals surface area contributed by atoms with Gasteiger partial charge in [0.15, 0.2) is 0 Å². The minimum absolute atomic E-state index is 0.0607. The van der Waals surface area contributed by atoms with Crippen molar-refractivity contribution in [3.8, 4) is 12.3 Å². The van der Waals surface area contributed by atoms with Crippen LogP contribution in [0.5, 0.6) is 0 Å². The van der Waals surface area contributed by atoms with Gasteiger partial charge in [0.1, 0.15) is 0 Å². The Morgan fingerprint density at radius 3 is 2.58 bits per heavy atom. The van der Waals surface area contributed by atoms with Crippen molar-refractivity contribution in [2.45, 2.75) is 37.6 Å². The summed E-state index contributed by atoms with van der Waals surface area (Å²) in [7, 11) is 0. The molecule has 0 aromatic heterocycles. The van der Waals surface area contributed by atoms with E-state index in [1.165, 1.54) is 11.1 Å². The molecule has 0 aliphatic carbocycles. The number of aliphatic hydroxyl groups excluding tert-OH is 2. The van der Waals surface area contributed by atoms with Gasteiger partial charge in [0.25, 0.3) is 0 Å². The molecule has 1 heterocycles. The van der Waals surface area contributed by atoms with E-state index in [0.29, 0.717) is 12.8 Å². The summed E-state index contributed by atoms with van der Waals surface area (Å²) in [5.74, 6) is 2.62. The highest BCUT2D eigenvalue weighted by atomic mass is 16.5. The van der Waals surface area contributed by atoms with Gasteiger partial charge in [-0.25, -0.2) is 0 Å². The lowest BCUT2D eigenvalue weighted by molar-refractivity contribution is -0.113. The van der Waals surface area contributed by atoms with Gasteiger partial charge in [0.05, 0.1) is 24.9 Å². The Hall–Kier alpha value is -2.12. The maximum atomic E-state index is 9.99. The first-order valence-electron chi connectivity index (χ1n) is 8.26. The van der Waals surface area contributed by atoms with E-state index < -0.39 is 6.10 Å². The highest BCUT2D eigenvalue weighted by Gasteiger charge is 2.28. The second kappa shape index (κ2) is 7.63. The van der Waals surface area contributed by atoms with Crippen LogP contribution < -0.4 is 0 Å². The molecule has 3 rings (SSSR count). The molecule has 3 nitrogen and oxygen atoms in total. The van der Waals surface area contributed by atoms with Crippen LogP contribution in [0.4, 0.5) is 0 Å². The molecule has 124 valence electrons. The summed E-state index contributed by atoms with van der Waals surface area (Å²) >= 11 is 0. The predicted molar refractivity (Wildman–Crippen MR) is 93.6 cm³/mol. The van der Waals surface area contributed by atoms with Gasteiger partial charge in [-0.05, 0) is 35.2 Å². The molecule has 0 radical (unpaired) electrons. The zero-order valence-electron chi connectivity index (χ0n) is 13.6. The summed E-state index contributed by atoms with van der Waals surface area (Å²) in [4.78, 5) is 0. The van der Waals surface area contributed by atoms with Gasteiger partial charge in [-0.1, -0.05) is 42.3 Å². The number of hydrogen-bond acceptors (Lipinski definition) is 3. The molecule has 24 heavy (non-hydrogen) atoms. The number of benzene rings is 2. The first-order valence-corrected chi connectivity index (χ1v) is 8.26. The normalized spacial score (nSPS) is 23.6. The summed E-state index contributed by atoms with van der Waals surface area (Å²) in [6, 6.07) is 16.2. The van der Waals surface area contributed by atoms with E-state index in [1.807, 2.05) is 36.4 Å². The Morgan fingerprint density at radius 1 is 1.08 bits per heavy atom. The smallest absolute Gasteiger partial charge is 0.0854 e. The van der Waals surface area contributed by atoms with Gasteiger partial charge < -0.3 is 14.9 Å². The number of terminal acetylenes is 1. The van der Waals surface area contributed by atoms with Crippen LogP contribution in [0.25, 0.3) is 0 Å². The lowest BCUT2D eigenvalue weighted by Crippen LogP contribution is -2.33. The molecule has 3 unspecified atom stereocenters. The van der Waals surface area contributed by atoms with Crippen molar-refractivity contribution in [1.29, 1.82) is 0 Å². The maximum absolute atomic E-state index is 9.99. The molecule has 2 aromatic rings. The molecule has 1 aliphatic heterocycles. The van der Waals surface area contributed by atoms with Crippen molar-refractivity contribution in [1.82, 2.24) is 0 Å². The van der Waals surface area contributed by atoms with Gasteiger partial charge in [-0.2, -0.15) is 0 Å². The number of hydrogen-bond donors (Lipinski definition) is 2. The molecule has 0 bridgehead atoms. The summed E-state index contributed by atoms with van der Waals surface area (Å²) in [6.07, 6.45) is 6.37. The van der Waals surface area contributed by atoms with Crippen LogP contribution in [-0.2, 0) is 11.2 Å². The summed E-state index contributed by atoms with van der Waals surface area (Å²) in [5.41, 5.74) is 4.31. The zero-order chi connectivity index (χ0) is 16.9. The molecule has 3 atom stereocenters. The molecular weight excluding hydrogens is 300 g/mol. The minimum atomic E-state index is -0.430. The second-order valence-corrected chi connectivity index (χ2v) is 6.32. The van der Waals surface area contributed by atoms with Crippen LogP contribution in [-0.4, -0.2) is 29.0 Å². The van der Waals surface area contributed by atoms with Crippen molar-refractivity contribution in [3.63, 3.8) is 0 Å². The molecule has 1 fully saturated rings. The van der Waals surface area contributed by atoms with Crippen molar-refractivity contribution in [2.24, 2.45) is 0 Å². The highest BCUT2D eigenvalue weighted by Crippen LogP contribution is 2.32. The molecule has 1 saturated heterocycles. The average molecular weight is 322 g/mol. The topological polar surface area (TPSA) is 49.7 Å². The van der Waals surface area contributed by atoms with Gasteiger partial charge in [-0.15, -0.1) is 6.42 Å². The van der Waals surface area contributed by atoms with E-state index in [2.05, 4.69) is 18.1 Å². The zero-order valence-corrected chi connectivity index (χ0v) is 13.6. The van der Waals surface area contributed by atoms with Crippen LogP contribution in [0.3, 0.4) is 0 Å². The van der Waals surface area contributed by atoms with Crippen LogP contribution in [0.15, 0.2) is 48.5 Å². The summed E-state index contributed by atoms with van der Waals surface area (Å²) < 4.78 is 5.90. The fourth-order valence-corrected chi connectivity index (χ4v) is 3.18. The number of aliphatic hydroxyl groups is 2. The monoisotopic (exact) mass is 322 g/mol. The lowest BCUT2D eigenvalue weighted by Gasteiger charge is -2.32. The first kappa shape index (κ1) is 16.7. The van der Waals surface area contributed by atoms with Crippen molar-refractivity contribution < 1.29 is 14.9 Å². The molecule has 2 aromatic carbocycles. The Kier molecular flexibility index (Phi) is 5.32. The first-order chi connectivity index (χ1) is 11.7.